The third kappa shape index (κ3) is 5.52. The highest BCUT2D eigenvalue weighted by Gasteiger charge is 2.27. The molecular formula is C28H36N4O2S. The predicted octanol–water partition coefficient (Wildman–Crippen LogP) is 6.43. The number of rotatable bonds is 6. The SMILES string of the molecule is COc1ccc(CN2Cc3ccc(Nc4cc(C5CCC(O)CC5)nn4C(C)(C)C)cc3S2)cc1. The van der Waals surface area contributed by atoms with E-state index in [4.69, 9.17) is 9.84 Å². The third-order valence-electron chi connectivity index (χ3n) is 6.91. The van der Waals surface area contributed by atoms with Crippen molar-refractivity contribution in [3.63, 3.8) is 0 Å². The van der Waals surface area contributed by atoms with Gasteiger partial charge in [-0.3, -0.25) is 0 Å². The van der Waals surface area contributed by atoms with E-state index in [0.29, 0.717) is 5.92 Å². The van der Waals surface area contributed by atoms with Crippen LogP contribution in [0.3, 0.4) is 0 Å². The van der Waals surface area contributed by atoms with E-state index in [0.717, 1.165) is 61.7 Å². The van der Waals surface area contributed by atoms with Gasteiger partial charge in [0, 0.05) is 35.7 Å². The zero-order chi connectivity index (χ0) is 24.6. The third-order valence-corrected chi connectivity index (χ3v) is 8.00. The van der Waals surface area contributed by atoms with Gasteiger partial charge in [0.05, 0.1) is 24.4 Å². The van der Waals surface area contributed by atoms with Crippen LogP contribution in [-0.4, -0.2) is 32.4 Å². The molecule has 0 saturated heterocycles. The van der Waals surface area contributed by atoms with Gasteiger partial charge in [-0.05, 0) is 93.8 Å². The van der Waals surface area contributed by atoms with Gasteiger partial charge in [-0.15, -0.1) is 0 Å². The Morgan fingerprint density at radius 1 is 1.06 bits per heavy atom. The zero-order valence-electron chi connectivity index (χ0n) is 21.1. The van der Waals surface area contributed by atoms with Gasteiger partial charge in [-0.2, -0.15) is 5.10 Å². The lowest BCUT2D eigenvalue weighted by Crippen LogP contribution is -2.25. The van der Waals surface area contributed by atoms with E-state index < -0.39 is 0 Å². The van der Waals surface area contributed by atoms with Gasteiger partial charge >= 0.3 is 0 Å². The summed E-state index contributed by atoms with van der Waals surface area (Å²) in [4.78, 5) is 1.30. The smallest absolute Gasteiger partial charge is 0.129 e. The van der Waals surface area contributed by atoms with Crippen LogP contribution in [0, 0.1) is 0 Å². The summed E-state index contributed by atoms with van der Waals surface area (Å²) >= 11 is 1.82. The Labute approximate surface area is 212 Å². The predicted molar refractivity (Wildman–Crippen MR) is 142 cm³/mol. The van der Waals surface area contributed by atoms with Gasteiger partial charge in [0.1, 0.15) is 11.6 Å². The number of ether oxygens (including phenoxy) is 1. The number of aliphatic hydroxyl groups excluding tert-OH is 1. The van der Waals surface area contributed by atoms with Crippen molar-refractivity contribution >= 4 is 23.5 Å². The van der Waals surface area contributed by atoms with Gasteiger partial charge in [0.2, 0.25) is 0 Å². The Balaban J connectivity index is 1.30. The van der Waals surface area contributed by atoms with Crippen LogP contribution in [0.15, 0.2) is 53.4 Å². The number of methoxy groups -OCH3 is 1. The number of aromatic nitrogens is 2. The quantitative estimate of drug-likeness (QED) is 0.387. The highest BCUT2D eigenvalue weighted by Crippen LogP contribution is 2.40. The van der Waals surface area contributed by atoms with E-state index in [1.807, 2.05) is 24.1 Å². The lowest BCUT2D eigenvalue weighted by molar-refractivity contribution is 0.121. The van der Waals surface area contributed by atoms with Gasteiger partial charge < -0.3 is 15.2 Å². The number of nitrogens with one attached hydrogen (secondary N) is 1. The van der Waals surface area contributed by atoms with Crippen molar-refractivity contribution in [2.24, 2.45) is 0 Å². The van der Waals surface area contributed by atoms with E-state index in [1.54, 1.807) is 7.11 Å². The van der Waals surface area contributed by atoms with E-state index in [-0.39, 0.29) is 11.6 Å². The Hall–Kier alpha value is -2.48. The molecule has 6 nitrogen and oxygen atoms in total. The number of nitrogens with zero attached hydrogens (tertiary/aromatic N) is 3. The van der Waals surface area contributed by atoms with Crippen LogP contribution < -0.4 is 10.1 Å². The lowest BCUT2D eigenvalue weighted by atomic mass is 9.85. The van der Waals surface area contributed by atoms with Crippen molar-refractivity contribution < 1.29 is 9.84 Å². The first-order valence-corrected chi connectivity index (χ1v) is 13.3. The van der Waals surface area contributed by atoms with Crippen LogP contribution in [0.2, 0.25) is 0 Å². The van der Waals surface area contributed by atoms with Crippen LogP contribution in [0.5, 0.6) is 5.75 Å². The summed E-state index contributed by atoms with van der Waals surface area (Å²) in [5.41, 5.74) is 4.73. The molecule has 5 rings (SSSR count). The summed E-state index contributed by atoms with van der Waals surface area (Å²) in [7, 11) is 1.70. The maximum Gasteiger partial charge on any atom is 0.129 e. The normalized spacial score (nSPS) is 20.6. The average molecular weight is 493 g/mol. The van der Waals surface area contributed by atoms with Crippen LogP contribution >= 0.6 is 11.9 Å². The molecule has 2 aromatic carbocycles. The number of hydrogen-bond donors (Lipinski definition) is 2. The van der Waals surface area contributed by atoms with Crippen LogP contribution in [0.1, 0.15) is 69.2 Å². The fourth-order valence-corrected chi connectivity index (χ4v) is 6.08. The summed E-state index contributed by atoms with van der Waals surface area (Å²) < 4.78 is 9.79. The maximum atomic E-state index is 9.91. The molecule has 0 radical (unpaired) electrons. The van der Waals surface area contributed by atoms with Gasteiger partial charge in [0.25, 0.3) is 0 Å². The molecule has 2 N–H and O–H groups in total. The second kappa shape index (κ2) is 9.88. The molecule has 0 amide bonds. The molecule has 0 atom stereocenters. The van der Waals surface area contributed by atoms with Crippen LogP contribution in [0.25, 0.3) is 0 Å². The molecule has 2 heterocycles. The minimum Gasteiger partial charge on any atom is -0.497 e. The average Bonchev–Trinajstić information content (AvgIpc) is 3.43. The van der Waals surface area contributed by atoms with Gasteiger partial charge in [-0.1, -0.05) is 18.2 Å². The molecule has 186 valence electrons. The first-order chi connectivity index (χ1) is 16.8. The second-order valence-electron chi connectivity index (χ2n) is 10.7. The highest BCUT2D eigenvalue weighted by molar-refractivity contribution is 7.97. The van der Waals surface area contributed by atoms with Crippen molar-refractivity contribution in [3.8, 4) is 5.75 Å². The van der Waals surface area contributed by atoms with Crippen molar-refractivity contribution in [2.45, 2.75) is 82.0 Å². The summed E-state index contributed by atoms with van der Waals surface area (Å²) in [6.45, 7) is 8.39. The van der Waals surface area contributed by atoms with Crippen molar-refractivity contribution in [1.29, 1.82) is 0 Å². The second-order valence-corrected chi connectivity index (χ2v) is 11.9. The molecule has 1 aliphatic carbocycles. The maximum absolute atomic E-state index is 9.91. The van der Waals surface area contributed by atoms with E-state index in [9.17, 15) is 5.11 Å². The Bertz CT molecular complexity index is 1160. The van der Waals surface area contributed by atoms with Gasteiger partial charge in [0.15, 0.2) is 0 Å². The molecule has 1 fully saturated rings. The van der Waals surface area contributed by atoms with E-state index in [1.165, 1.54) is 16.0 Å². The minimum atomic E-state index is -0.151. The molecule has 1 aliphatic heterocycles. The molecule has 1 aromatic heterocycles. The molecule has 0 bridgehead atoms. The summed E-state index contributed by atoms with van der Waals surface area (Å²) in [5, 5.41) is 18.6. The molecule has 7 heteroatoms. The molecule has 1 saturated carbocycles. The number of benzene rings is 2. The minimum absolute atomic E-state index is 0.130. The molecular weight excluding hydrogens is 456 g/mol. The number of anilines is 2. The zero-order valence-corrected chi connectivity index (χ0v) is 21.9. The fraction of sp³-hybridized carbons (Fsp3) is 0.464. The number of fused-ring (bicyclic) bond motifs is 1. The number of aliphatic hydroxyl groups is 1. The first-order valence-electron chi connectivity index (χ1n) is 12.5. The monoisotopic (exact) mass is 492 g/mol. The van der Waals surface area contributed by atoms with E-state index in [2.05, 4.69) is 71.5 Å². The lowest BCUT2D eigenvalue weighted by Gasteiger charge is -2.25. The Morgan fingerprint density at radius 3 is 2.49 bits per heavy atom. The van der Waals surface area contributed by atoms with Crippen molar-refractivity contribution in [1.82, 2.24) is 14.1 Å². The van der Waals surface area contributed by atoms with Crippen molar-refractivity contribution in [2.75, 3.05) is 12.4 Å². The standard InChI is InChI=1S/C28H36N4O2S/c1-28(2,3)32-27(16-25(30-32)20-8-11-23(33)12-9-20)29-22-10-7-21-18-31(35-26(21)15-22)17-19-5-13-24(34-4)14-6-19/h5-7,10,13-16,20,23,29,33H,8-9,11-12,17-18H2,1-4H3. The molecule has 0 unspecified atom stereocenters. The van der Waals surface area contributed by atoms with Crippen LogP contribution in [-0.2, 0) is 18.6 Å². The Morgan fingerprint density at radius 2 is 1.80 bits per heavy atom. The van der Waals surface area contributed by atoms with Gasteiger partial charge in [-0.25, -0.2) is 8.99 Å². The van der Waals surface area contributed by atoms with Crippen LogP contribution in [0.4, 0.5) is 11.5 Å². The topological polar surface area (TPSA) is 62.6 Å². The van der Waals surface area contributed by atoms with Crippen molar-refractivity contribution in [3.05, 3.63) is 65.4 Å². The fourth-order valence-electron chi connectivity index (χ4n) is 4.95. The summed E-state index contributed by atoms with van der Waals surface area (Å²) in [6, 6.07) is 17.2. The highest BCUT2D eigenvalue weighted by atomic mass is 32.2. The molecule has 2 aliphatic rings. The summed E-state index contributed by atoms with van der Waals surface area (Å²) in [5.74, 6) is 2.34. The Kier molecular flexibility index (Phi) is 6.84. The summed E-state index contributed by atoms with van der Waals surface area (Å²) in [6.07, 6.45) is 3.58. The molecule has 0 spiro atoms. The molecule has 35 heavy (non-hydrogen) atoms. The van der Waals surface area contributed by atoms with E-state index >= 15 is 0 Å². The largest absolute Gasteiger partial charge is 0.497 e. The molecule has 3 aromatic rings. The number of hydrogen-bond acceptors (Lipinski definition) is 6. The first kappa shape index (κ1) is 24.2.